The van der Waals surface area contributed by atoms with Crippen LogP contribution >= 0.6 is 34.8 Å². The van der Waals surface area contributed by atoms with Crippen molar-refractivity contribution < 1.29 is 36.0 Å². The summed E-state index contributed by atoms with van der Waals surface area (Å²) in [5, 5.41) is 3.89. The first-order valence-electron chi connectivity index (χ1n) is 10.8. The lowest BCUT2D eigenvalue weighted by Gasteiger charge is -2.29. The normalized spacial score (nSPS) is 18.4. The summed E-state index contributed by atoms with van der Waals surface area (Å²) in [6, 6.07) is 7.84. The topological polar surface area (TPSA) is 79.8 Å². The molecule has 1 amide bonds. The van der Waals surface area contributed by atoms with E-state index in [1.165, 1.54) is 30.3 Å². The fraction of sp³-hybridized carbons (Fsp3) is 0.208. The van der Waals surface area contributed by atoms with Crippen molar-refractivity contribution >= 4 is 57.2 Å². The van der Waals surface area contributed by atoms with Gasteiger partial charge in [0.25, 0.3) is 5.91 Å². The van der Waals surface area contributed by atoms with Gasteiger partial charge < -0.3 is 5.32 Å². The molecule has 0 saturated carbocycles. The van der Waals surface area contributed by atoms with Gasteiger partial charge in [0.15, 0.2) is 0 Å². The summed E-state index contributed by atoms with van der Waals surface area (Å²) >= 11 is 17.8. The molecule has 0 bridgehead atoms. The second kappa shape index (κ2) is 10.5. The van der Waals surface area contributed by atoms with Gasteiger partial charge >= 0.3 is 12.4 Å². The Balaban J connectivity index is 1.77. The van der Waals surface area contributed by atoms with Gasteiger partial charge in [-0.3, -0.25) is 15.1 Å². The molecule has 1 heterocycles. The molecule has 1 aliphatic rings. The van der Waals surface area contributed by atoms with Gasteiger partial charge in [-0.05, 0) is 35.0 Å². The third-order valence-electron chi connectivity index (χ3n) is 5.92. The number of benzene rings is 3. The minimum absolute atomic E-state index is 0.0842. The molecular formula is C24H14Cl3F6N3O3. The summed E-state index contributed by atoms with van der Waals surface area (Å²) in [5.41, 5.74) is -1.23. The van der Waals surface area contributed by atoms with Crippen molar-refractivity contribution in [2.24, 2.45) is 5.18 Å². The first-order chi connectivity index (χ1) is 18.2. The summed E-state index contributed by atoms with van der Waals surface area (Å²) < 4.78 is 81.7. The van der Waals surface area contributed by atoms with Crippen LogP contribution < -0.4 is 10.8 Å². The molecule has 15 heteroatoms. The monoisotopic (exact) mass is 611 g/mol. The summed E-state index contributed by atoms with van der Waals surface area (Å²) in [7, 11) is 0. The Hall–Kier alpha value is -3.06. The average Bonchev–Trinajstić information content (AvgIpc) is 3.32. The highest BCUT2D eigenvalue weighted by molar-refractivity contribution is 6.48. The van der Waals surface area contributed by atoms with Gasteiger partial charge in [-0.2, -0.15) is 31.2 Å². The number of nitrogens with one attached hydrogen (secondary N) is 2. The van der Waals surface area contributed by atoms with E-state index < -0.39 is 42.0 Å². The maximum Gasteiger partial charge on any atom is 0.428 e. The number of nitroso groups, excluding NO2 is 1. The lowest BCUT2D eigenvalue weighted by Crippen LogP contribution is -2.42. The van der Waals surface area contributed by atoms with Crippen LogP contribution in [0.2, 0.25) is 15.1 Å². The summed E-state index contributed by atoms with van der Waals surface area (Å²) in [5.74, 6) is -0.949. The van der Waals surface area contributed by atoms with E-state index in [-0.39, 0.29) is 42.7 Å². The number of hydroxylamine groups is 1. The largest absolute Gasteiger partial charge is 0.428 e. The third-order valence-corrected chi connectivity index (χ3v) is 7.12. The first-order valence-corrected chi connectivity index (χ1v) is 11.9. The molecule has 0 saturated heterocycles. The Morgan fingerprint density at radius 3 is 2.18 bits per heavy atom. The van der Waals surface area contributed by atoms with Gasteiger partial charge in [-0.1, -0.05) is 70.3 Å². The summed E-state index contributed by atoms with van der Waals surface area (Å²) in [4.78, 5) is 28.3. The van der Waals surface area contributed by atoms with E-state index in [1.54, 1.807) is 6.07 Å². The molecule has 0 aliphatic carbocycles. The highest BCUT2D eigenvalue weighted by Crippen LogP contribution is 2.49. The second-order valence-electron chi connectivity index (χ2n) is 8.33. The minimum Gasteiger partial charge on any atom is -0.349 e. The van der Waals surface area contributed by atoms with Crippen LogP contribution in [0.5, 0.6) is 0 Å². The molecule has 0 spiro atoms. The molecule has 1 aliphatic heterocycles. The Bertz CT molecular complexity index is 1470. The van der Waals surface area contributed by atoms with Gasteiger partial charge in [0.1, 0.15) is 0 Å². The number of nitrogens with zero attached hydrogens (tertiary/aromatic N) is 1. The van der Waals surface area contributed by atoms with Crippen molar-refractivity contribution in [2.75, 3.05) is 6.54 Å². The van der Waals surface area contributed by atoms with Crippen molar-refractivity contribution in [3.05, 3.63) is 91.3 Å². The number of alkyl halides is 6. The highest BCUT2D eigenvalue weighted by atomic mass is 35.5. The van der Waals surface area contributed by atoms with Crippen molar-refractivity contribution in [2.45, 2.75) is 24.0 Å². The van der Waals surface area contributed by atoms with Crippen molar-refractivity contribution in [1.82, 2.24) is 10.8 Å². The van der Waals surface area contributed by atoms with Crippen LogP contribution in [-0.2, 0) is 10.4 Å². The van der Waals surface area contributed by atoms with Crippen LogP contribution in [0.25, 0.3) is 16.5 Å². The van der Waals surface area contributed by atoms with Crippen molar-refractivity contribution in [1.29, 1.82) is 0 Å². The van der Waals surface area contributed by atoms with Crippen LogP contribution in [0.15, 0.2) is 59.8 Å². The molecule has 2 N–H and O–H groups in total. The smallest absolute Gasteiger partial charge is 0.349 e. The van der Waals surface area contributed by atoms with Crippen molar-refractivity contribution in [3.63, 3.8) is 0 Å². The van der Waals surface area contributed by atoms with E-state index in [9.17, 15) is 36.0 Å². The van der Waals surface area contributed by atoms with Crippen molar-refractivity contribution in [3.8, 4) is 0 Å². The van der Waals surface area contributed by atoms with Gasteiger partial charge in [0.05, 0.1) is 27.3 Å². The Morgan fingerprint density at radius 1 is 1.00 bits per heavy atom. The SMILES string of the molecule is O=NC(CNC(=O)c1ccc(C2=CC(c3cc(Cl)c(Cl)c(Cl)c3)(C(F)(F)F)ON2)c2ccccc12)C(F)(F)F. The fourth-order valence-corrected chi connectivity index (χ4v) is 4.57. The van der Waals surface area contributed by atoms with Gasteiger partial charge in [-0.25, -0.2) is 0 Å². The number of hydrogen-bond acceptors (Lipinski definition) is 5. The lowest BCUT2D eigenvalue weighted by molar-refractivity contribution is -0.269. The number of hydrogen-bond donors (Lipinski definition) is 2. The molecule has 0 aromatic heterocycles. The number of halogens is 9. The molecule has 0 radical (unpaired) electrons. The fourth-order valence-electron chi connectivity index (χ4n) is 3.98. The minimum atomic E-state index is -5.00. The van der Waals surface area contributed by atoms with Gasteiger partial charge in [0, 0.05) is 16.7 Å². The zero-order chi connectivity index (χ0) is 28.8. The molecule has 3 aromatic rings. The molecule has 39 heavy (non-hydrogen) atoms. The van der Waals surface area contributed by atoms with Crippen LogP contribution in [0.3, 0.4) is 0 Å². The first kappa shape index (κ1) is 28.9. The van der Waals surface area contributed by atoms with E-state index in [4.69, 9.17) is 39.6 Å². The van der Waals surface area contributed by atoms with Gasteiger partial charge in [0.2, 0.25) is 11.6 Å². The third kappa shape index (κ3) is 5.38. The number of fused-ring (bicyclic) bond motifs is 1. The second-order valence-corrected chi connectivity index (χ2v) is 9.52. The predicted octanol–water partition coefficient (Wildman–Crippen LogP) is 7.56. The lowest BCUT2D eigenvalue weighted by atomic mass is 9.90. The Labute approximate surface area is 230 Å². The Kier molecular flexibility index (Phi) is 7.78. The molecule has 2 atom stereocenters. The van der Waals surface area contributed by atoms with E-state index >= 15 is 0 Å². The van der Waals surface area contributed by atoms with Crippen LogP contribution in [0.4, 0.5) is 26.3 Å². The zero-order valence-corrected chi connectivity index (χ0v) is 21.3. The van der Waals surface area contributed by atoms with Crippen LogP contribution in [-0.4, -0.2) is 30.8 Å². The van der Waals surface area contributed by atoms with E-state index in [0.717, 1.165) is 18.2 Å². The maximum atomic E-state index is 14.4. The summed E-state index contributed by atoms with van der Waals surface area (Å²) in [6.07, 6.45) is -9.18. The van der Waals surface area contributed by atoms with Crippen LogP contribution in [0.1, 0.15) is 21.5 Å². The van der Waals surface area contributed by atoms with Gasteiger partial charge in [-0.15, -0.1) is 0 Å². The molecule has 206 valence electrons. The number of rotatable bonds is 6. The highest BCUT2D eigenvalue weighted by Gasteiger charge is 2.60. The molecule has 6 nitrogen and oxygen atoms in total. The molecule has 3 aromatic carbocycles. The number of amides is 1. The predicted molar refractivity (Wildman–Crippen MR) is 133 cm³/mol. The molecule has 4 rings (SSSR count). The van der Waals surface area contributed by atoms with E-state index in [2.05, 4.69) is 5.48 Å². The summed E-state index contributed by atoms with van der Waals surface area (Å²) in [6.45, 7) is -1.09. The molecular weight excluding hydrogens is 599 g/mol. The molecule has 2 unspecified atom stereocenters. The zero-order valence-electron chi connectivity index (χ0n) is 19.1. The molecule has 0 fully saturated rings. The maximum absolute atomic E-state index is 14.4. The number of carbonyl (C=O) groups excluding carboxylic acids is 1. The quantitative estimate of drug-likeness (QED) is 0.171. The van der Waals surface area contributed by atoms with E-state index in [1.807, 2.05) is 10.5 Å². The van der Waals surface area contributed by atoms with Crippen LogP contribution in [0, 0.1) is 4.91 Å². The Morgan fingerprint density at radius 2 is 1.62 bits per heavy atom. The average molecular weight is 613 g/mol. The number of carbonyl (C=O) groups is 1. The standard InChI is InChI=1S/C24H14Cl3F6N3O3/c25-16-7-11(8-17(26)20(16)27)22(24(31,32)33)9-18(36-39-22)14-5-6-15(13-4-2-1-3-12(13)14)21(37)34-10-19(35-38)23(28,29)30/h1-9,19,36H,10H2,(H,34,37). The van der Waals surface area contributed by atoms with E-state index in [0.29, 0.717) is 0 Å².